The molecule has 2 rings (SSSR count). The molecule has 17 heavy (non-hydrogen) atoms. The van der Waals surface area contributed by atoms with Crippen LogP contribution < -0.4 is 5.32 Å². The second kappa shape index (κ2) is 5.32. The first kappa shape index (κ1) is 12.1. The standard InChI is InChI=1S/C14H21N3/c1-4-5-10-15-11(2)14-16-12-8-6-7-9-13(12)17(14)3/h6-9,11,15H,4-5,10H2,1-3H3. The Hall–Kier alpha value is -1.35. The zero-order chi connectivity index (χ0) is 12.3. The molecule has 2 aromatic rings. The van der Waals surface area contributed by atoms with Crippen LogP contribution in [0.25, 0.3) is 11.0 Å². The van der Waals surface area contributed by atoms with Gasteiger partial charge in [0.05, 0.1) is 17.1 Å². The van der Waals surface area contributed by atoms with Crippen LogP contribution in [0.3, 0.4) is 0 Å². The molecular formula is C14H21N3. The van der Waals surface area contributed by atoms with Crippen molar-refractivity contribution in [2.45, 2.75) is 32.7 Å². The zero-order valence-corrected chi connectivity index (χ0v) is 10.9. The maximum atomic E-state index is 4.69. The van der Waals surface area contributed by atoms with Crippen LogP contribution in [0, 0.1) is 0 Å². The molecule has 0 aliphatic rings. The summed E-state index contributed by atoms with van der Waals surface area (Å²) >= 11 is 0. The van der Waals surface area contributed by atoms with Crippen LogP contribution in [0.4, 0.5) is 0 Å². The molecule has 1 aromatic heterocycles. The van der Waals surface area contributed by atoms with E-state index < -0.39 is 0 Å². The maximum absolute atomic E-state index is 4.69. The second-order valence-corrected chi connectivity index (χ2v) is 4.55. The van der Waals surface area contributed by atoms with Crippen molar-refractivity contribution in [2.75, 3.05) is 6.54 Å². The van der Waals surface area contributed by atoms with E-state index in [0.29, 0.717) is 6.04 Å². The highest BCUT2D eigenvalue weighted by molar-refractivity contribution is 5.75. The van der Waals surface area contributed by atoms with Gasteiger partial charge in [-0.25, -0.2) is 4.98 Å². The number of fused-ring (bicyclic) bond motifs is 1. The largest absolute Gasteiger partial charge is 0.330 e. The lowest BCUT2D eigenvalue weighted by Gasteiger charge is -2.13. The van der Waals surface area contributed by atoms with Gasteiger partial charge in [0.15, 0.2) is 0 Å². The van der Waals surface area contributed by atoms with E-state index in [1.54, 1.807) is 0 Å². The summed E-state index contributed by atoms with van der Waals surface area (Å²) in [5.41, 5.74) is 2.28. The van der Waals surface area contributed by atoms with Crippen LogP contribution in [0.2, 0.25) is 0 Å². The minimum absolute atomic E-state index is 0.305. The first-order valence-electron chi connectivity index (χ1n) is 6.38. The fraction of sp³-hybridized carbons (Fsp3) is 0.500. The number of aryl methyl sites for hydroxylation is 1. The zero-order valence-electron chi connectivity index (χ0n) is 10.9. The molecule has 0 saturated heterocycles. The highest BCUT2D eigenvalue weighted by atomic mass is 15.1. The number of rotatable bonds is 5. The Balaban J connectivity index is 2.20. The molecule has 1 atom stereocenters. The van der Waals surface area contributed by atoms with Gasteiger partial charge in [0.25, 0.3) is 0 Å². The summed E-state index contributed by atoms with van der Waals surface area (Å²) in [5, 5.41) is 3.52. The van der Waals surface area contributed by atoms with Crippen LogP contribution in [0.5, 0.6) is 0 Å². The number of nitrogens with zero attached hydrogens (tertiary/aromatic N) is 2. The summed E-state index contributed by atoms with van der Waals surface area (Å²) in [6.07, 6.45) is 2.44. The molecule has 0 amide bonds. The lowest BCUT2D eigenvalue weighted by Crippen LogP contribution is -2.22. The van der Waals surface area contributed by atoms with Crippen LogP contribution in [-0.2, 0) is 7.05 Å². The lowest BCUT2D eigenvalue weighted by atomic mass is 10.3. The monoisotopic (exact) mass is 231 g/mol. The van der Waals surface area contributed by atoms with Crippen molar-refractivity contribution in [1.29, 1.82) is 0 Å². The van der Waals surface area contributed by atoms with E-state index >= 15 is 0 Å². The molecule has 3 nitrogen and oxygen atoms in total. The molecule has 0 aliphatic heterocycles. The molecule has 1 aromatic carbocycles. The third kappa shape index (κ3) is 2.50. The topological polar surface area (TPSA) is 29.9 Å². The van der Waals surface area contributed by atoms with Crippen molar-refractivity contribution in [3.8, 4) is 0 Å². The van der Waals surface area contributed by atoms with Crippen molar-refractivity contribution < 1.29 is 0 Å². The smallest absolute Gasteiger partial charge is 0.126 e. The van der Waals surface area contributed by atoms with E-state index in [0.717, 1.165) is 17.9 Å². The first-order valence-corrected chi connectivity index (χ1v) is 6.38. The van der Waals surface area contributed by atoms with Crippen LogP contribution in [0.15, 0.2) is 24.3 Å². The van der Waals surface area contributed by atoms with Gasteiger partial charge in [-0.2, -0.15) is 0 Å². The van der Waals surface area contributed by atoms with Crippen molar-refractivity contribution in [3.05, 3.63) is 30.1 Å². The van der Waals surface area contributed by atoms with Gasteiger partial charge in [0.1, 0.15) is 5.82 Å². The second-order valence-electron chi connectivity index (χ2n) is 4.55. The third-order valence-electron chi connectivity index (χ3n) is 3.19. The van der Waals surface area contributed by atoms with Gasteiger partial charge in [-0.3, -0.25) is 0 Å². The number of unbranched alkanes of at least 4 members (excludes halogenated alkanes) is 1. The molecule has 0 radical (unpaired) electrons. The highest BCUT2D eigenvalue weighted by Gasteiger charge is 2.12. The number of nitrogens with one attached hydrogen (secondary N) is 1. The van der Waals surface area contributed by atoms with Crippen molar-refractivity contribution in [3.63, 3.8) is 0 Å². The molecule has 0 saturated carbocycles. The third-order valence-corrected chi connectivity index (χ3v) is 3.19. The first-order chi connectivity index (χ1) is 8.24. The molecule has 0 fully saturated rings. The van der Waals surface area contributed by atoms with Gasteiger partial charge >= 0.3 is 0 Å². The van der Waals surface area contributed by atoms with Crippen molar-refractivity contribution >= 4 is 11.0 Å². The Morgan fingerprint density at radius 3 is 2.82 bits per heavy atom. The van der Waals surface area contributed by atoms with Gasteiger partial charge in [-0.1, -0.05) is 25.5 Å². The fourth-order valence-electron chi connectivity index (χ4n) is 2.14. The van der Waals surface area contributed by atoms with Gasteiger partial charge in [0.2, 0.25) is 0 Å². The van der Waals surface area contributed by atoms with Crippen LogP contribution in [0.1, 0.15) is 38.6 Å². The Bertz CT molecular complexity index is 487. The molecule has 0 bridgehead atoms. The summed E-state index contributed by atoms with van der Waals surface area (Å²) in [6, 6.07) is 8.58. The number of aromatic nitrogens is 2. The van der Waals surface area contributed by atoms with Crippen LogP contribution >= 0.6 is 0 Å². The summed E-state index contributed by atoms with van der Waals surface area (Å²) in [5.74, 6) is 1.11. The molecule has 1 heterocycles. The van der Waals surface area contributed by atoms with E-state index in [1.165, 1.54) is 18.4 Å². The van der Waals surface area contributed by atoms with Crippen molar-refractivity contribution in [1.82, 2.24) is 14.9 Å². The molecule has 0 aliphatic carbocycles. The Labute approximate surface area is 103 Å². The predicted molar refractivity (Wildman–Crippen MR) is 72.0 cm³/mol. The number of benzene rings is 1. The summed E-state index contributed by atoms with van der Waals surface area (Å²) in [7, 11) is 2.09. The maximum Gasteiger partial charge on any atom is 0.126 e. The average molecular weight is 231 g/mol. The number of hydrogen-bond acceptors (Lipinski definition) is 2. The lowest BCUT2D eigenvalue weighted by molar-refractivity contribution is 0.520. The molecule has 3 heteroatoms. The Kier molecular flexibility index (Phi) is 3.79. The summed E-state index contributed by atoms with van der Waals surface area (Å²) in [4.78, 5) is 4.69. The van der Waals surface area contributed by atoms with E-state index in [2.05, 4.69) is 49.0 Å². The SMILES string of the molecule is CCCCNC(C)c1nc2ccccc2n1C. The minimum Gasteiger partial charge on any atom is -0.330 e. The van der Waals surface area contributed by atoms with Crippen molar-refractivity contribution in [2.24, 2.45) is 7.05 Å². The number of para-hydroxylation sites is 2. The van der Waals surface area contributed by atoms with Gasteiger partial charge < -0.3 is 9.88 Å². The minimum atomic E-state index is 0.305. The van der Waals surface area contributed by atoms with E-state index in [9.17, 15) is 0 Å². The quantitative estimate of drug-likeness (QED) is 0.802. The molecule has 1 N–H and O–H groups in total. The Morgan fingerprint density at radius 2 is 2.12 bits per heavy atom. The van der Waals surface area contributed by atoms with Gasteiger partial charge in [0, 0.05) is 7.05 Å². The molecule has 92 valence electrons. The summed E-state index contributed by atoms with van der Waals surface area (Å²) < 4.78 is 2.18. The molecule has 0 spiro atoms. The number of imidazole rings is 1. The van der Waals surface area contributed by atoms with E-state index in [-0.39, 0.29) is 0 Å². The van der Waals surface area contributed by atoms with Crippen LogP contribution in [-0.4, -0.2) is 16.1 Å². The van der Waals surface area contributed by atoms with Gasteiger partial charge in [-0.15, -0.1) is 0 Å². The molecular weight excluding hydrogens is 210 g/mol. The normalized spacial score (nSPS) is 13.1. The summed E-state index contributed by atoms with van der Waals surface area (Å²) in [6.45, 7) is 5.44. The Morgan fingerprint density at radius 1 is 1.35 bits per heavy atom. The van der Waals surface area contributed by atoms with Gasteiger partial charge in [-0.05, 0) is 32.0 Å². The highest BCUT2D eigenvalue weighted by Crippen LogP contribution is 2.18. The fourth-order valence-corrected chi connectivity index (χ4v) is 2.14. The molecule has 1 unspecified atom stereocenters. The van der Waals surface area contributed by atoms with E-state index in [1.807, 2.05) is 6.07 Å². The van der Waals surface area contributed by atoms with E-state index in [4.69, 9.17) is 4.98 Å². The average Bonchev–Trinajstić information content (AvgIpc) is 2.68. The number of hydrogen-bond donors (Lipinski definition) is 1. The predicted octanol–water partition coefficient (Wildman–Crippen LogP) is 3.02.